The van der Waals surface area contributed by atoms with E-state index in [2.05, 4.69) is 35.1 Å². The fourth-order valence-electron chi connectivity index (χ4n) is 1.47. The highest BCUT2D eigenvalue weighted by Crippen LogP contribution is 2.24. The van der Waals surface area contributed by atoms with Crippen molar-refractivity contribution in [1.29, 1.82) is 0 Å². The van der Waals surface area contributed by atoms with Crippen molar-refractivity contribution < 1.29 is 14.3 Å². The molecule has 1 amide bonds. The van der Waals surface area contributed by atoms with Crippen molar-refractivity contribution in [2.45, 2.75) is 20.3 Å². The van der Waals surface area contributed by atoms with Crippen LogP contribution in [0.5, 0.6) is 0 Å². The molecule has 0 unspecified atom stereocenters. The SMILES string of the molecule is CC(C)CCNC(=O)COC(=O)c1cccc(N)c1Br. The van der Waals surface area contributed by atoms with Gasteiger partial charge in [-0.25, -0.2) is 4.79 Å². The zero-order chi connectivity index (χ0) is 15.1. The number of nitrogen functional groups attached to an aromatic ring is 1. The summed E-state index contributed by atoms with van der Waals surface area (Å²) in [5.41, 5.74) is 6.43. The number of nitrogens with two attached hydrogens (primary N) is 1. The molecular weight excluding hydrogens is 324 g/mol. The molecule has 0 saturated carbocycles. The van der Waals surface area contributed by atoms with Gasteiger partial charge < -0.3 is 15.8 Å². The number of anilines is 1. The molecule has 0 heterocycles. The molecule has 1 aromatic carbocycles. The quantitative estimate of drug-likeness (QED) is 0.614. The molecule has 0 fully saturated rings. The topological polar surface area (TPSA) is 81.4 Å². The zero-order valence-corrected chi connectivity index (χ0v) is 13.2. The second-order valence-electron chi connectivity index (χ2n) is 4.82. The number of carbonyl (C=O) groups excluding carboxylic acids is 2. The summed E-state index contributed by atoms with van der Waals surface area (Å²) >= 11 is 3.22. The van der Waals surface area contributed by atoms with Crippen molar-refractivity contribution in [3.05, 3.63) is 28.2 Å². The Hall–Kier alpha value is -1.56. The van der Waals surface area contributed by atoms with Gasteiger partial charge in [0.25, 0.3) is 5.91 Å². The molecule has 3 N–H and O–H groups in total. The Morgan fingerprint density at radius 1 is 1.40 bits per heavy atom. The van der Waals surface area contributed by atoms with Gasteiger partial charge in [-0.15, -0.1) is 0 Å². The minimum Gasteiger partial charge on any atom is -0.452 e. The first-order valence-corrected chi connectivity index (χ1v) is 7.19. The van der Waals surface area contributed by atoms with E-state index in [-0.39, 0.29) is 12.5 Å². The molecule has 6 heteroatoms. The fraction of sp³-hybridized carbons (Fsp3) is 0.429. The molecule has 0 atom stereocenters. The summed E-state index contributed by atoms with van der Waals surface area (Å²) in [5.74, 6) is -0.372. The van der Waals surface area contributed by atoms with Crippen molar-refractivity contribution >= 4 is 33.5 Å². The van der Waals surface area contributed by atoms with E-state index in [9.17, 15) is 9.59 Å². The normalized spacial score (nSPS) is 10.4. The number of ether oxygens (including phenoxy) is 1. The van der Waals surface area contributed by atoms with Gasteiger partial charge >= 0.3 is 5.97 Å². The van der Waals surface area contributed by atoms with Gasteiger partial charge in [0.1, 0.15) is 0 Å². The summed E-state index contributed by atoms with van der Waals surface area (Å²) in [5, 5.41) is 2.69. The summed E-state index contributed by atoms with van der Waals surface area (Å²) in [4.78, 5) is 23.3. The van der Waals surface area contributed by atoms with Crippen molar-refractivity contribution in [2.24, 2.45) is 5.92 Å². The first kappa shape index (κ1) is 16.5. The maximum atomic E-state index is 11.8. The predicted molar refractivity (Wildman–Crippen MR) is 81.3 cm³/mol. The monoisotopic (exact) mass is 342 g/mol. The third kappa shape index (κ3) is 5.21. The Balaban J connectivity index is 2.43. The van der Waals surface area contributed by atoms with Crippen molar-refractivity contribution in [1.82, 2.24) is 5.32 Å². The zero-order valence-electron chi connectivity index (χ0n) is 11.6. The molecule has 0 aliphatic carbocycles. The molecule has 0 aliphatic rings. The third-order valence-electron chi connectivity index (χ3n) is 2.63. The molecule has 110 valence electrons. The Morgan fingerprint density at radius 3 is 2.75 bits per heavy atom. The minimum atomic E-state index is -0.580. The Bertz CT molecular complexity index is 489. The van der Waals surface area contributed by atoms with E-state index in [0.29, 0.717) is 28.2 Å². The first-order valence-electron chi connectivity index (χ1n) is 6.39. The van der Waals surface area contributed by atoms with Gasteiger partial charge in [-0.2, -0.15) is 0 Å². The lowest BCUT2D eigenvalue weighted by Gasteiger charge is -2.09. The van der Waals surface area contributed by atoms with Crippen LogP contribution in [0.3, 0.4) is 0 Å². The lowest BCUT2D eigenvalue weighted by atomic mass is 10.1. The maximum absolute atomic E-state index is 11.8. The lowest BCUT2D eigenvalue weighted by molar-refractivity contribution is -0.124. The lowest BCUT2D eigenvalue weighted by Crippen LogP contribution is -2.30. The average Bonchev–Trinajstić information content (AvgIpc) is 2.38. The predicted octanol–water partition coefficient (Wildman–Crippen LogP) is 2.35. The van der Waals surface area contributed by atoms with Gasteiger partial charge in [-0.3, -0.25) is 4.79 Å². The van der Waals surface area contributed by atoms with Crippen LogP contribution >= 0.6 is 15.9 Å². The fourth-order valence-corrected chi connectivity index (χ4v) is 1.89. The number of halogens is 1. The number of hydrogen-bond donors (Lipinski definition) is 2. The number of benzene rings is 1. The Labute approximate surface area is 127 Å². The highest BCUT2D eigenvalue weighted by Gasteiger charge is 2.14. The molecular formula is C14H19BrN2O3. The highest BCUT2D eigenvalue weighted by atomic mass is 79.9. The molecule has 0 aliphatic heterocycles. The molecule has 0 aromatic heterocycles. The Kier molecular flexibility index (Phi) is 6.51. The standard InChI is InChI=1S/C14H19BrN2O3/c1-9(2)6-7-17-12(18)8-20-14(19)10-4-3-5-11(16)13(10)15/h3-5,9H,6-8,16H2,1-2H3,(H,17,18). The number of carbonyl (C=O) groups is 2. The number of amides is 1. The van der Waals surface area contributed by atoms with Crippen LogP contribution in [-0.2, 0) is 9.53 Å². The van der Waals surface area contributed by atoms with E-state index in [1.165, 1.54) is 0 Å². The molecule has 5 nitrogen and oxygen atoms in total. The van der Waals surface area contributed by atoms with E-state index in [4.69, 9.17) is 10.5 Å². The van der Waals surface area contributed by atoms with E-state index in [0.717, 1.165) is 6.42 Å². The molecule has 0 spiro atoms. The third-order valence-corrected chi connectivity index (χ3v) is 3.51. The molecule has 0 bridgehead atoms. The van der Waals surface area contributed by atoms with Crippen LogP contribution in [0.25, 0.3) is 0 Å². The van der Waals surface area contributed by atoms with E-state index in [1.807, 2.05) is 0 Å². The van der Waals surface area contributed by atoms with E-state index in [1.54, 1.807) is 18.2 Å². The van der Waals surface area contributed by atoms with E-state index < -0.39 is 5.97 Å². The van der Waals surface area contributed by atoms with Gasteiger partial charge in [0.05, 0.1) is 10.0 Å². The van der Waals surface area contributed by atoms with Crippen LogP contribution in [0, 0.1) is 5.92 Å². The molecule has 1 aromatic rings. The van der Waals surface area contributed by atoms with Crippen molar-refractivity contribution in [3.63, 3.8) is 0 Å². The van der Waals surface area contributed by atoms with Crippen LogP contribution in [0.4, 0.5) is 5.69 Å². The van der Waals surface area contributed by atoms with Crippen LogP contribution in [0.15, 0.2) is 22.7 Å². The summed E-state index contributed by atoms with van der Waals surface area (Å²) in [6, 6.07) is 4.90. The number of rotatable bonds is 6. The van der Waals surface area contributed by atoms with Crippen LogP contribution < -0.4 is 11.1 Å². The molecule has 0 saturated heterocycles. The first-order chi connectivity index (χ1) is 9.41. The number of nitrogens with one attached hydrogen (secondary N) is 1. The van der Waals surface area contributed by atoms with Crippen LogP contribution in [-0.4, -0.2) is 25.0 Å². The number of hydrogen-bond acceptors (Lipinski definition) is 4. The summed E-state index contributed by atoms with van der Waals surface area (Å²) in [7, 11) is 0. The van der Waals surface area contributed by atoms with Gasteiger partial charge in [-0.05, 0) is 40.4 Å². The maximum Gasteiger partial charge on any atom is 0.339 e. The second kappa shape index (κ2) is 7.89. The van der Waals surface area contributed by atoms with E-state index >= 15 is 0 Å². The molecule has 20 heavy (non-hydrogen) atoms. The van der Waals surface area contributed by atoms with Gasteiger partial charge in [0, 0.05) is 12.2 Å². The summed E-state index contributed by atoms with van der Waals surface area (Å²) in [6.45, 7) is 4.43. The highest BCUT2D eigenvalue weighted by molar-refractivity contribution is 9.10. The van der Waals surface area contributed by atoms with Crippen LogP contribution in [0.2, 0.25) is 0 Å². The summed E-state index contributed by atoms with van der Waals surface area (Å²) < 4.78 is 5.42. The number of esters is 1. The largest absolute Gasteiger partial charge is 0.452 e. The van der Waals surface area contributed by atoms with Crippen molar-refractivity contribution in [2.75, 3.05) is 18.9 Å². The van der Waals surface area contributed by atoms with Gasteiger partial charge in [-0.1, -0.05) is 19.9 Å². The van der Waals surface area contributed by atoms with Crippen molar-refractivity contribution in [3.8, 4) is 0 Å². The van der Waals surface area contributed by atoms with Gasteiger partial charge in [0.15, 0.2) is 6.61 Å². The summed E-state index contributed by atoms with van der Waals surface area (Å²) in [6.07, 6.45) is 0.889. The van der Waals surface area contributed by atoms with Crippen LogP contribution in [0.1, 0.15) is 30.6 Å². The Morgan fingerprint density at radius 2 is 2.10 bits per heavy atom. The smallest absolute Gasteiger partial charge is 0.339 e. The minimum absolute atomic E-state index is 0.293. The molecule has 0 radical (unpaired) electrons. The average molecular weight is 343 g/mol. The van der Waals surface area contributed by atoms with Gasteiger partial charge in [0.2, 0.25) is 0 Å². The molecule has 1 rings (SSSR count). The second-order valence-corrected chi connectivity index (χ2v) is 5.61.